The fraction of sp³-hybridized carbons (Fsp3) is 0.238. The van der Waals surface area contributed by atoms with Crippen LogP contribution in [0.2, 0.25) is 0 Å². The lowest BCUT2D eigenvalue weighted by Gasteiger charge is -2.20. The van der Waals surface area contributed by atoms with Crippen LogP contribution in [-0.2, 0) is 11.3 Å². The number of carboxylic acid groups (broad SMARTS) is 1. The highest BCUT2D eigenvalue weighted by atomic mass is 16.5. The smallest absolute Gasteiger partial charge is 0.321 e. The summed E-state index contributed by atoms with van der Waals surface area (Å²) in [6.07, 6.45) is 2.18. The third kappa shape index (κ3) is 4.07. The van der Waals surface area contributed by atoms with Gasteiger partial charge in [0.25, 0.3) is 5.91 Å². The first-order chi connectivity index (χ1) is 14.5. The number of carbonyl (C=O) groups excluding carboxylic acids is 1. The monoisotopic (exact) mass is 407 g/mol. The standard InChI is InChI=1S/C21H21N5O4/c27-20(23-30)16-8-4-7-15(9-16)18-13-26(24-22-18)17-10-19(21(28)29)25(12-17)11-14-5-2-1-3-6-14/h1-9,13,17,19,30H,10-12H2,(H,23,27)(H,28,29)/t17-,19+/m0/s1. The van der Waals surface area contributed by atoms with Gasteiger partial charge < -0.3 is 5.11 Å². The van der Waals surface area contributed by atoms with E-state index in [0.29, 0.717) is 36.3 Å². The maximum Gasteiger partial charge on any atom is 0.321 e. The molecule has 4 rings (SSSR count). The van der Waals surface area contributed by atoms with Crippen LogP contribution < -0.4 is 5.48 Å². The predicted octanol–water partition coefficient (Wildman–Crippen LogP) is 1.96. The fourth-order valence-electron chi connectivity index (χ4n) is 3.79. The van der Waals surface area contributed by atoms with E-state index >= 15 is 0 Å². The number of nitrogens with one attached hydrogen (secondary N) is 1. The maximum atomic E-state index is 11.8. The van der Waals surface area contributed by atoms with Crippen molar-refractivity contribution >= 4 is 11.9 Å². The van der Waals surface area contributed by atoms with Crippen molar-refractivity contribution in [2.24, 2.45) is 0 Å². The number of aromatic nitrogens is 3. The van der Waals surface area contributed by atoms with Gasteiger partial charge in [-0.15, -0.1) is 5.10 Å². The van der Waals surface area contributed by atoms with Gasteiger partial charge in [-0.2, -0.15) is 0 Å². The number of amides is 1. The van der Waals surface area contributed by atoms with E-state index in [4.69, 9.17) is 5.21 Å². The highest BCUT2D eigenvalue weighted by Gasteiger charge is 2.38. The Balaban J connectivity index is 1.53. The molecule has 0 bridgehead atoms. The number of carbonyl (C=O) groups is 2. The Morgan fingerprint density at radius 2 is 1.93 bits per heavy atom. The maximum absolute atomic E-state index is 11.8. The summed E-state index contributed by atoms with van der Waals surface area (Å²) in [7, 11) is 0. The average molecular weight is 407 g/mol. The molecule has 30 heavy (non-hydrogen) atoms. The quantitative estimate of drug-likeness (QED) is 0.422. The topological polar surface area (TPSA) is 121 Å². The van der Waals surface area contributed by atoms with Gasteiger partial charge in [0.05, 0.1) is 12.2 Å². The summed E-state index contributed by atoms with van der Waals surface area (Å²) < 4.78 is 1.69. The molecule has 0 unspecified atom stereocenters. The molecule has 9 nitrogen and oxygen atoms in total. The zero-order valence-electron chi connectivity index (χ0n) is 16.0. The van der Waals surface area contributed by atoms with Crippen LogP contribution >= 0.6 is 0 Å². The van der Waals surface area contributed by atoms with Crippen molar-refractivity contribution in [2.45, 2.75) is 25.0 Å². The van der Waals surface area contributed by atoms with Crippen molar-refractivity contribution in [1.82, 2.24) is 25.4 Å². The minimum absolute atomic E-state index is 0.125. The fourth-order valence-corrected chi connectivity index (χ4v) is 3.79. The number of hydroxylamine groups is 1. The molecule has 1 saturated heterocycles. The van der Waals surface area contributed by atoms with E-state index in [1.807, 2.05) is 35.2 Å². The molecule has 1 fully saturated rings. The Kier molecular flexibility index (Phi) is 5.55. The summed E-state index contributed by atoms with van der Waals surface area (Å²) in [4.78, 5) is 25.4. The normalized spacial score (nSPS) is 19.0. The average Bonchev–Trinajstić information content (AvgIpc) is 3.41. The lowest BCUT2D eigenvalue weighted by atomic mass is 10.1. The molecule has 0 aliphatic carbocycles. The van der Waals surface area contributed by atoms with Gasteiger partial charge in [0.15, 0.2) is 0 Å². The summed E-state index contributed by atoms with van der Waals surface area (Å²) in [5.74, 6) is -1.46. The van der Waals surface area contributed by atoms with E-state index in [2.05, 4.69) is 10.3 Å². The third-order valence-corrected chi connectivity index (χ3v) is 5.30. The summed E-state index contributed by atoms with van der Waals surface area (Å²) in [6.45, 7) is 1.09. The summed E-state index contributed by atoms with van der Waals surface area (Å²) >= 11 is 0. The summed E-state index contributed by atoms with van der Waals surface area (Å²) in [5.41, 5.74) is 4.21. The lowest BCUT2D eigenvalue weighted by molar-refractivity contribution is -0.142. The number of nitrogens with zero attached hydrogens (tertiary/aromatic N) is 4. The second-order valence-corrected chi connectivity index (χ2v) is 7.26. The molecule has 2 atom stereocenters. The molecule has 154 valence electrons. The van der Waals surface area contributed by atoms with E-state index in [1.54, 1.807) is 40.6 Å². The zero-order valence-corrected chi connectivity index (χ0v) is 16.0. The molecular weight excluding hydrogens is 386 g/mol. The molecule has 9 heteroatoms. The number of hydrogen-bond acceptors (Lipinski definition) is 6. The molecule has 2 heterocycles. The third-order valence-electron chi connectivity index (χ3n) is 5.30. The van der Waals surface area contributed by atoms with Crippen LogP contribution in [0.5, 0.6) is 0 Å². The first-order valence-corrected chi connectivity index (χ1v) is 9.52. The van der Waals surface area contributed by atoms with Gasteiger partial charge in [0.2, 0.25) is 0 Å². The molecule has 3 N–H and O–H groups in total. The largest absolute Gasteiger partial charge is 0.480 e. The van der Waals surface area contributed by atoms with E-state index in [-0.39, 0.29) is 6.04 Å². The molecular formula is C21H21N5O4. The number of carboxylic acids is 1. The van der Waals surface area contributed by atoms with Crippen LogP contribution in [0.15, 0.2) is 60.8 Å². The van der Waals surface area contributed by atoms with E-state index in [0.717, 1.165) is 5.56 Å². The molecule has 1 aliphatic rings. The number of aliphatic carboxylic acids is 1. The Hall–Kier alpha value is -3.56. The van der Waals surface area contributed by atoms with E-state index < -0.39 is 17.9 Å². The highest BCUT2D eigenvalue weighted by molar-refractivity contribution is 5.94. The number of likely N-dealkylation sites (tertiary alicyclic amines) is 1. The second-order valence-electron chi connectivity index (χ2n) is 7.26. The van der Waals surface area contributed by atoms with Crippen LogP contribution in [-0.4, -0.2) is 54.7 Å². The minimum Gasteiger partial charge on any atom is -0.480 e. The van der Waals surface area contributed by atoms with Gasteiger partial charge in [0, 0.05) is 24.2 Å². The molecule has 2 aromatic carbocycles. The van der Waals surface area contributed by atoms with E-state index in [1.165, 1.54) is 0 Å². The van der Waals surface area contributed by atoms with Crippen LogP contribution in [0.1, 0.15) is 28.4 Å². The number of benzene rings is 2. The molecule has 0 saturated carbocycles. The molecule has 1 amide bonds. The summed E-state index contributed by atoms with van der Waals surface area (Å²) in [5, 5.41) is 26.9. The van der Waals surface area contributed by atoms with Crippen molar-refractivity contribution in [1.29, 1.82) is 0 Å². The SMILES string of the molecule is O=C(NO)c1cccc(-c2cn([C@H]3C[C@H](C(=O)O)N(Cc4ccccc4)C3)nn2)c1. The van der Waals surface area contributed by atoms with Gasteiger partial charge in [-0.05, 0) is 24.1 Å². The molecule has 1 aliphatic heterocycles. The zero-order chi connectivity index (χ0) is 21.1. The van der Waals surface area contributed by atoms with Crippen LogP contribution in [0.4, 0.5) is 0 Å². The Labute approximate surface area is 172 Å². The van der Waals surface area contributed by atoms with Gasteiger partial charge in [-0.25, -0.2) is 10.2 Å². The van der Waals surface area contributed by atoms with Crippen molar-refractivity contribution in [3.05, 3.63) is 71.9 Å². The highest BCUT2D eigenvalue weighted by Crippen LogP contribution is 2.29. The van der Waals surface area contributed by atoms with Gasteiger partial charge in [-0.1, -0.05) is 47.7 Å². The number of rotatable bonds is 6. The summed E-state index contributed by atoms with van der Waals surface area (Å²) in [6, 6.07) is 15.7. The van der Waals surface area contributed by atoms with Gasteiger partial charge in [-0.3, -0.25) is 19.7 Å². The first kappa shape index (κ1) is 19.7. The van der Waals surface area contributed by atoms with Crippen LogP contribution in [0.3, 0.4) is 0 Å². The van der Waals surface area contributed by atoms with Crippen molar-refractivity contribution in [2.75, 3.05) is 6.54 Å². The second kappa shape index (κ2) is 8.44. The van der Waals surface area contributed by atoms with E-state index in [9.17, 15) is 14.7 Å². The van der Waals surface area contributed by atoms with Crippen molar-refractivity contribution in [3.8, 4) is 11.3 Å². The molecule has 1 aromatic heterocycles. The Bertz CT molecular complexity index is 1050. The van der Waals surface area contributed by atoms with Crippen LogP contribution in [0, 0.1) is 0 Å². The molecule has 0 radical (unpaired) electrons. The number of hydrogen-bond donors (Lipinski definition) is 3. The lowest BCUT2D eigenvalue weighted by Crippen LogP contribution is -2.35. The van der Waals surface area contributed by atoms with Crippen LogP contribution in [0.25, 0.3) is 11.3 Å². The Morgan fingerprint density at radius 1 is 1.13 bits per heavy atom. The molecule has 0 spiro atoms. The van der Waals surface area contributed by atoms with Crippen molar-refractivity contribution in [3.63, 3.8) is 0 Å². The van der Waals surface area contributed by atoms with Gasteiger partial charge >= 0.3 is 5.97 Å². The predicted molar refractivity (Wildman–Crippen MR) is 107 cm³/mol. The van der Waals surface area contributed by atoms with Crippen molar-refractivity contribution < 1.29 is 19.9 Å². The molecule has 3 aromatic rings. The first-order valence-electron chi connectivity index (χ1n) is 9.52. The van der Waals surface area contributed by atoms with Gasteiger partial charge in [0.1, 0.15) is 11.7 Å². The minimum atomic E-state index is -0.850. The Morgan fingerprint density at radius 3 is 2.67 bits per heavy atom.